The second kappa shape index (κ2) is 9.84. The lowest BCUT2D eigenvalue weighted by atomic mass is 10.1. The number of nitrogens with zero attached hydrogens (tertiary/aromatic N) is 5. The number of nitrogens with two attached hydrogens (primary N) is 1. The number of aryl methyl sites for hydroxylation is 2. The SMILES string of the molecule is CCOC(=O)c1sc2ncnc(NCCCc3nn(-c4ccc(F)cc4)c(N)c3C#N)c2c1C. The number of thiophene rings is 1. The molecule has 0 fully saturated rings. The third-order valence-electron chi connectivity index (χ3n) is 5.25. The Bertz CT molecular complexity index is 1390. The number of aromatic nitrogens is 4. The molecule has 0 saturated heterocycles. The molecule has 9 nitrogen and oxygen atoms in total. The minimum Gasteiger partial charge on any atom is -0.462 e. The number of rotatable bonds is 8. The van der Waals surface area contributed by atoms with Crippen molar-refractivity contribution in [1.29, 1.82) is 5.26 Å². The topological polar surface area (TPSA) is 132 Å². The van der Waals surface area contributed by atoms with Crippen molar-refractivity contribution >= 4 is 39.2 Å². The second-order valence-corrected chi connectivity index (χ2v) is 8.42. The molecule has 1 aromatic carbocycles. The van der Waals surface area contributed by atoms with E-state index in [-0.39, 0.29) is 17.6 Å². The maximum Gasteiger partial charge on any atom is 0.348 e. The van der Waals surface area contributed by atoms with Crippen LogP contribution in [0, 0.1) is 24.1 Å². The molecule has 3 N–H and O–H groups in total. The van der Waals surface area contributed by atoms with Gasteiger partial charge in [-0.3, -0.25) is 0 Å². The predicted octanol–water partition coefficient (Wildman–Crippen LogP) is 4.00. The van der Waals surface area contributed by atoms with E-state index in [4.69, 9.17) is 10.5 Å². The first-order chi connectivity index (χ1) is 16.4. The van der Waals surface area contributed by atoms with Gasteiger partial charge in [-0.1, -0.05) is 0 Å². The van der Waals surface area contributed by atoms with Gasteiger partial charge >= 0.3 is 5.97 Å². The number of hydrogen-bond donors (Lipinski definition) is 2. The summed E-state index contributed by atoms with van der Waals surface area (Å²) in [5, 5.41) is 18.1. The Morgan fingerprint density at radius 3 is 2.79 bits per heavy atom. The van der Waals surface area contributed by atoms with Gasteiger partial charge in [-0.25, -0.2) is 23.8 Å². The molecule has 0 radical (unpaired) electrons. The molecular formula is C23H22FN7O2S. The Balaban J connectivity index is 1.48. The van der Waals surface area contributed by atoms with Crippen molar-refractivity contribution in [2.24, 2.45) is 0 Å². The Hall–Kier alpha value is -4.04. The fourth-order valence-electron chi connectivity index (χ4n) is 3.61. The molecule has 0 amide bonds. The van der Waals surface area contributed by atoms with Crippen molar-refractivity contribution < 1.29 is 13.9 Å². The summed E-state index contributed by atoms with van der Waals surface area (Å²) in [4.78, 5) is 22.1. The van der Waals surface area contributed by atoms with Crippen LogP contribution in [0.4, 0.5) is 16.0 Å². The number of esters is 1. The molecule has 0 unspecified atom stereocenters. The lowest BCUT2D eigenvalue weighted by molar-refractivity contribution is 0.0531. The average molecular weight is 480 g/mol. The zero-order valence-corrected chi connectivity index (χ0v) is 19.4. The number of nitriles is 1. The molecule has 0 bridgehead atoms. The van der Waals surface area contributed by atoms with Crippen molar-refractivity contribution in [3.05, 3.63) is 58.1 Å². The van der Waals surface area contributed by atoms with Crippen LogP contribution in [0.15, 0.2) is 30.6 Å². The summed E-state index contributed by atoms with van der Waals surface area (Å²) in [7, 11) is 0. The van der Waals surface area contributed by atoms with Gasteiger partial charge in [-0.05, 0) is 56.5 Å². The van der Waals surface area contributed by atoms with Crippen LogP contribution in [-0.2, 0) is 11.2 Å². The van der Waals surface area contributed by atoms with Crippen molar-refractivity contribution in [2.75, 3.05) is 24.2 Å². The maximum atomic E-state index is 13.2. The van der Waals surface area contributed by atoms with Crippen LogP contribution in [-0.4, -0.2) is 38.9 Å². The number of nitrogen functional groups attached to an aromatic ring is 1. The van der Waals surface area contributed by atoms with Crippen LogP contribution in [0.2, 0.25) is 0 Å². The first-order valence-corrected chi connectivity index (χ1v) is 11.4. The molecule has 0 spiro atoms. The lowest BCUT2D eigenvalue weighted by Gasteiger charge is -2.07. The van der Waals surface area contributed by atoms with Crippen LogP contribution >= 0.6 is 11.3 Å². The van der Waals surface area contributed by atoms with Crippen LogP contribution in [0.1, 0.15) is 39.8 Å². The second-order valence-electron chi connectivity index (χ2n) is 7.42. The number of fused-ring (bicyclic) bond motifs is 1. The Kier molecular flexibility index (Phi) is 6.70. The highest BCUT2D eigenvalue weighted by Crippen LogP contribution is 2.33. The number of ether oxygens (including phenoxy) is 1. The largest absolute Gasteiger partial charge is 0.462 e. The molecule has 4 rings (SSSR count). The van der Waals surface area contributed by atoms with Crippen molar-refractivity contribution in [3.8, 4) is 11.8 Å². The van der Waals surface area contributed by atoms with E-state index in [0.29, 0.717) is 58.5 Å². The summed E-state index contributed by atoms with van der Waals surface area (Å²) in [6.45, 7) is 4.46. The highest BCUT2D eigenvalue weighted by molar-refractivity contribution is 7.20. The molecule has 0 aliphatic rings. The highest BCUT2D eigenvalue weighted by atomic mass is 32.1. The molecule has 174 valence electrons. The smallest absolute Gasteiger partial charge is 0.348 e. The van der Waals surface area contributed by atoms with Gasteiger partial charge in [0.05, 0.1) is 23.4 Å². The van der Waals surface area contributed by atoms with Crippen LogP contribution in [0.5, 0.6) is 0 Å². The molecule has 4 aromatic rings. The zero-order valence-electron chi connectivity index (χ0n) is 18.6. The van der Waals surface area contributed by atoms with Gasteiger partial charge in [-0.2, -0.15) is 10.4 Å². The number of halogens is 1. The van der Waals surface area contributed by atoms with Gasteiger partial charge in [0.15, 0.2) is 0 Å². The molecule has 34 heavy (non-hydrogen) atoms. The number of nitrogens with one attached hydrogen (secondary N) is 1. The van der Waals surface area contributed by atoms with Crippen LogP contribution in [0.3, 0.4) is 0 Å². The lowest BCUT2D eigenvalue weighted by Crippen LogP contribution is -2.07. The van der Waals surface area contributed by atoms with Gasteiger partial charge < -0.3 is 15.8 Å². The molecule has 0 saturated carbocycles. The number of benzene rings is 1. The summed E-state index contributed by atoms with van der Waals surface area (Å²) >= 11 is 1.28. The van der Waals surface area contributed by atoms with E-state index < -0.39 is 0 Å². The zero-order chi connectivity index (χ0) is 24.2. The predicted molar refractivity (Wildman–Crippen MR) is 128 cm³/mol. The molecule has 11 heteroatoms. The normalized spacial score (nSPS) is 10.9. The van der Waals surface area contributed by atoms with E-state index in [1.165, 1.54) is 34.5 Å². The van der Waals surface area contributed by atoms with Crippen molar-refractivity contribution in [2.45, 2.75) is 26.7 Å². The van der Waals surface area contributed by atoms with E-state index in [1.807, 2.05) is 6.92 Å². The summed E-state index contributed by atoms with van der Waals surface area (Å²) in [6, 6.07) is 7.85. The summed E-state index contributed by atoms with van der Waals surface area (Å²) in [5.74, 6) is 0.115. The van der Waals surface area contributed by atoms with Crippen LogP contribution in [0.25, 0.3) is 15.9 Å². The van der Waals surface area contributed by atoms with Gasteiger partial charge in [0.2, 0.25) is 0 Å². The number of anilines is 2. The maximum absolute atomic E-state index is 13.2. The number of carbonyl (C=O) groups is 1. The quantitative estimate of drug-likeness (QED) is 0.286. The Labute approximate surface area is 199 Å². The van der Waals surface area contributed by atoms with E-state index in [1.54, 1.807) is 19.1 Å². The Morgan fingerprint density at radius 2 is 2.09 bits per heavy atom. The first-order valence-electron chi connectivity index (χ1n) is 10.6. The summed E-state index contributed by atoms with van der Waals surface area (Å²) in [6.07, 6.45) is 2.60. The van der Waals surface area contributed by atoms with Crippen LogP contribution < -0.4 is 11.1 Å². The third-order valence-corrected chi connectivity index (χ3v) is 6.43. The standard InChI is InChI=1S/C23H22FN7O2S/c1-3-33-23(32)19-13(2)18-21(28-12-29-22(18)34-19)27-10-4-5-17-16(11-25)20(26)31(30-17)15-8-6-14(24)7-9-15/h6-9,12H,3-5,10,26H2,1-2H3,(H,27,28,29). The molecule has 0 aliphatic carbocycles. The minimum absolute atomic E-state index is 0.218. The van der Waals surface area contributed by atoms with Gasteiger partial charge in [0.1, 0.15) is 45.1 Å². The van der Waals surface area contributed by atoms with Crippen molar-refractivity contribution in [3.63, 3.8) is 0 Å². The molecule has 3 aromatic heterocycles. The van der Waals surface area contributed by atoms with Gasteiger partial charge in [0, 0.05) is 6.54 Å². The first kappa shape index (κ1) is 23.1. The minimum atomic E-state index is -0.368. The summed E-state index contributed by atoms with van der Waals surface area (Å²) < 4.78 is 19.8. The molecule has 0 atom stereocenters. The highest BCUT2D eigenvalue weighted by Gasteiger charge is 2.20. The molecule has 0 aliphatic heterocycles. The molecular weight excluding hydrogens is 457 g/mol. The summed E-state index contributed by atoms with van der Waals surface area (Å²) in [5.41, 5.74) is 8.35. The van der Waals surface area contributed by atoms with E-state index in [0.717, 1.165) is 10.9 Å². The fourth-order valence-corrected chi connectivity index (χ4v) is 4.66. The van der Waals surface area contributed by atoms with Gasteiger partial charge in [-0.15, -0.1) is 11.3 Å². The van der Waals surface area contributed by atoms with E-state index in [9.17, 15) is 14.4 Å². The van der Waals surface area contributed by atoms with Gasteiger partial charge in [0.25, 0.3) is 0 Å². The number of hydrogen-bond acceptors (Lipinski definition) is 9. The monoisotopic (exact) mass is 479 g/mol. The Morgan fingerprint density at radius 1 is 1.32 bits per heavy atom. The van der Waals surface area contributed by atoms with E-state index in [2.05, 4.69) is 26.5 Å². The third kappa shape index (κ3) is 4.40. The van der Waals surface area contributed by atoms with E-state index >= 15 is 0 Å². The van der Waals surface area contributed by atoms with Crippen molar-refractivity contribution in [1.82, 2.24) is 19.7 Å². The fraction of sp³-hybridized carbons (Fsp3) is 0.261. The molecule has 3 heterocycles. The average Bonchev–Trinajstić information content (AvgIpc) is 3.34. The number of carbonyl (C=O) groups excluding carboxylic acids is 1.